The average molecular weight is 248 g/mol. The maximum Gasteiger partial charge on any atom is 0.236 e. The van der Waals surface area contributed by atoms with E-state index in [2.05, 4.69) is 36.6 Å². The molecular formula is C15H24N2O. The van der Waals surface area contributed by atoms with Crippen LogP contribution in [0.25, 0.3) is 0 Å². The van der Waals surface area contributed by atoms with Crippen LogP contribution in [0, 0.1) is 6.92 Å². The first-order valence-corrected chi connectivity index (χ1v) is 6.70. The topological polar surface area (TPSA) is 41.1 Å². The first-order valence-electron chi connectivity index (χ1n) is 6.70. The second-order valence-corrected chi connectivity index (χ2v) is 4.67. The Bertz CT molecular complexity index is 377. The van der Waals surface area contributed by atoms with Crippen molar-refractivity contribution < 1.29 is 4.79 Å². The van der Waals surface area contributed by atoms with Gasteiger partial charge in [0.1, 0.15) is 0 Å². The van der Waals surface area contributed by atoms with Crippen LogP contribution in [0.15, 0.2) is 24.3 Å². The molecule has 1 unspecified atom stereocenters. The zero-order chi connectivity index (χ0) is 13.4. The van der Waals surface area contributed by atoms with E-state index in [9.17, 15) is 4.79 Å². The van der Waals surface area contributed by atoms with Crippen molar-refractivity contribution in [2.75, 3.05) is 6.54 Å². The largest absolute Gasteiger partial charge is 0.355 e. The first-order chi connectivity index (χ1) is 8.65. The third-order valence-corrected chi connectivity index (χ3v) is 3.08. The van der Waals surface area contributed by atoms with Gasteiger partial charge in [0.25, 0.3) is 0 Å². The van der Waals surface area contributed by atoms with Gasteiger partial charge in [-0.2, -0.15) is 0 Å². The van der Waals surface area contributed by atoms with E-state index in [0.29, 0.717) is 0 Å². The highest BCUT2D eigenvalue weighted by molar-refractivity contribution is 5.81. The number of rotatable bonds is 7. The van der Waals surface area contributed by atoms with Crippen LogP contribution in [-0.2, 0) is 11.3 Å². The molecule has 3 heteroatoms. The number of aryl methyl sites for hydroxylation is 1. The van der Waals surface area contributed by atoms with Crippen molar-refractivity contribution in [2.24, 2.45) is 0 Å². The van der Waals surface area contributed by atoms with Crippen molar-refractivity contribution in [2.45, 2.75) is 46.2 Å². The lowest BCUT2D eigenvalue weighted by Crippen LogP contribution is -2.42. The Labute approximate surface area is 110 Å². The Kier molecular flexibility index (Phi) is 6.44. The van der Waals surface area contributed by atoms with E-state index in [1.165, 1.54) is 11.1 Å². The van der Waals surface area contributed by atoms with Crippen molar-refractivity contribution in [3.05, 3.63) is 35.4 Å². The molecule has 0 spiro atoms. The second-order valence-electron chi connectivity index (χ2n) is 4.67. The summed E-state index contributed by atoms with van der Waals surface area (Å²) < 4.78 is 0. The fourth-order valence-electron chi connectivity index (χ4n) is 1.71. The van der Waals surface area contributed by atoms with Gasteiger partial charge in [0.2, 0.25) is 5.91 Å². The van der Waals surface area contributed by atoms with Crippen LogP contribution in [0.1, 0.15) is 37.8 Å². The number of benzene rings is 1. The van der Waals surface area contributed by atoms with Gasteiger partial charge in [0.15, 0.2) is 0 Å². The molecule has 2 N–H and O–H groups in total. The number of hydrogen-bond donors (Lipinski definition) is 2. The normalized spacial score (nSPS) is 12.2. The highest BCUT2D eigenvalue weighted by Crippen LogP contribution is 2.06. The quantitative estimate of drug-likeness (QED) is 0.727. The van der Waals surface area contributed by atoms with Crippen LogP contribution in [0.4, 0.5) is 0 Å². The van der Waals surface area contributed by atoms with Crippen molar-refractivity contribution >= 4 is 5.91 Å². The summed E-state index contributed by atoms with van der Waals surface area (Å²) in [6.45, 7) is 7.61. The van der Waals surface area contributed by atoms with Crippen molar-refractivity contribution in [1.82, 2.24) is 10.6 Å². The summed E-state index contributed by atoms with van der Waals surface area (Å²) in [6.07, 6.45) is 2.14. The predicted molar refractivity (Wildman–Crippen MR) is 75.4 cm³/mol. The molecule has 100 valence electrons. The minimum atomic E-state index is -0.151. The van der Waals surface area contributed by atoms with Gasteiger partial charge in [-0.1, -0.05) is 37.6 Å². The molecule has 0 radical (unpaired) electrons. The van der Waals surface area contributed by atoms with Gasteiger partial charge in [-0.25, -0.2) is 0 Å². The maximum absolute atomic E-state index is 11.8. The SMILES string of the molecule is CCCCNC(=O)C(C)NCc1ccccc1C. The Hall–Kier alpha value is -1.35. The third-order valence-electron chi connectivity index (χ3n) is 3.08. The zero-order valence-corrected chi connectivity index (χ0v) is 11.6. The number of carbonyl (C=O) groups excluding carboxylic acids is 1. The molecule has 18 heavy (non-hydrogen) atoms. The van der Waals surface area contributed by atoms with Crippen LogP contribution < -0.4 is 10.6 Å². The second kappa shape index (κ2) is 7.88. The summed E-state index contributed by atoms with van der Waals surface area (Å²) in [5.74, 6) is 0.0806. The minimum absolute atomic E-state index is 0.0806. The third kappa shape index (κ3) is 4.88. The monoisotopic (exact) mass is 248 g/mol. The van der Waals surface area contributed by atoms with Gasteiger partial charge < -0.3 is 10.6 Å². The standard InChI is InChI=1S/C15H24N2O/c1-4-5-10-16-15(18)13(3)17-11-14-9-7-6-8-12(14)2/h6-9,13,17H,4-5,10-11H2,1-3H3,(H,16,18). The number of unbranched alkanes of at least 4 members (excludes halogenated alkanes) is 1. The number of carbonyl (C=O) groups is 1. The molecule has 1 amide bonds. The van der Waals surface area contributed by atoms with Gasteiger partial charge >= 0.3 is 0 Å². The highest BCUT2D eigenvalue weighted by atomic mass is 16.2. The average Bonchev–Trinajstić information content (AvgIpc) is 2.37. The first kappa shape index (κ1) is 14.7. The summed E-state index contributed by atoms with van der Waals surface area (Å²) >= 11 is 0. The summed E-state index contributed by atoms with van der Waals surface area (Å²) in [5, 5.41) is 6.19. The van der Waals surface area contributed by atoms with Gasteiger partial charge in [0.05, 0.1) is 6.04 Å². The zero-order valence-electron chi connectivity index (χ0n) is 11.6. The maximum atomic E-state index is 11.8. The van der Waals surface area contributed by atoms with E-state index in [1.54, 1.807) is 0 Å². The van der Waals surface area contributed by atoms with Gasteiger partial charge in [-0.3, -0.25) is 4.79 Å². The molecule has 0 bridgehead atoms. The molecule has 0 aromatic heterocycles. The van der Waals surface area contributed by atoms with Crippen LogP contribution in [-0.4, -0.2) is 18.5 Å². The molecule has 0 saturated heterocycles. The van der Waals surface area contributed by atoms with Gasteiger partial charge in [0, 0.05) is 13.1 Å². The molecular weight excluding hydrogens is 224 g/mol. The Morgan fingerprint density at radius 2 is 2.06 bits per heavy atom. The fraction of sp³-hybridized carbons (Fsp3) is 0.533. The van der Waals surface area contributed by atoms with E-state index >= 15 is 0 Å². The molecule has 1 aromatic carbocycles. The van der Waals surface area contributed by atoms with E-state index in [-0.39, 0.29) is 11.9 Å². The van der Waals surface area contributed by atoms with Crippen LogP contribution >= 0.6 is 0 Å². The van der Waals surface area contributed by atoms with Crippen LogP contribution in [0.5, 0.6) is 0 Å². The number of nitrogens with one attached hydrogen (secondary N) is 2. The minimum Gasteiger partial charge on any atom is -0.355 e. The highest BCUT2D eigenvalue weighted by Gasteiger charge is 2.11. The Morgan fingerprint density at radius 3 is 2.72 bits per heavy atom. The molecule has 0 fully saturated rings. The number of hydrogen-bond acceptors (Lipinski definition) is 2. The van der Waals surface area contributed by atoms with Gasteiger partial charge in [-0.05, 0) is 31.4 Å². The van der Waals surface area contributed by atoms with E-state index in [4.69, 9.17) is 0 Å². The van der Waals surface area contributed by atoms with Gasteiger partial charge in [-0.15, -0.1) is 0 Å². The molecule has 1 rings (SSSR count). The molecule has 0 saturated carbocycles. The molecule has 1 atom stereocenters. The lowest BCUT2D eigenvalue weighted by Gasteiger charge is -2.14. The molecule has 1 aromatic rings. The smallest absolute Gasteiger partial charge is 0.236 e. The lowest BCUT2D eigenvalue weighted by molar-refractivity contribution is -0.122. The van der Waals surface area contributed by atoms with Crippen LogP contribution in [0.2, 0.25) is 0 Å². The Balaban J connectivity index is 2.34. The lowest BCUT2D eigenvalue weighted by atomic mass is 10.1. The summed E-state index contributed by atoms with van der Waals surface area (Å²) in [7, 11) is 0. The van der Waals surface area contributed by atoms with Crippen molar-refractivity contribution in [1.29, 1.82) is 0 Å². The summed E-state index contributed by atoms with van der Waals surface area (Å²) in [4.78, 5) is 11.8. The molecule has 0 heterocycles. The molecule has 0 aliphatic heterocycles. The molecule has 0 aliphatic rings. The van der Waals surface area contributed by atoms with E-state index < -0.39 is 0 Å². The molecule has 3 nitrogen and oxygen atoms in total. The molecule has 0 aliphatic carbocycles. The fourth-order valence-corrected chi connectivity index (χ4v) is 1.71. The van der Waals surface area contributed by atoms with Crippen LogP contribution in [0.3, 0.4) is 0 Å². The predicted octanol–water partition coefficient (Wildman–Crippen LogP) is 2.39. The summed E-state index contributed by atoms with van der Waals surface area (Å²) in [5.41, 5.74) is 2.49. The number of amides is 1. The van der Waals surface area contributed by atoms with E-state index in [1.807, 2.05) is 19.1 Å². The summed E-state index contributed by atoms with van der Waals surface area (Å²) in [6, 6.07) is 8.07. The van der Waals surface area contributed by atoms with Crippen molar-refractivity contribution in [3.63, 3.8) is 0 Å². The van der Waals surface area contributed by atoms with Crippen molar-refractivity contribution in [3.8, 4) is 0 Å². The van der Waals surface area contributed by atoms with E-state index in [0.717, 1.165) is 25.9 Å². The Morgan fingerprint density at radius 1 is 1.33 bits per heavy atom.